The van der Waals surface area contributed by atoms with E-state index in [1.54, 1.807) is 24.3 Å². The van der Waals surface area contributed by atoms with Crippen LogP contribution in [0, 0.1) is 5.92 Å². The van der Waals surface area contributed by atoms with Gasteiger partial charge in [-0.05, 0) is 48.1 Å². The molecule has 1 aliphatic rings. The lowest BCUT2D eigenvalue weighted by Crippen LogP contribution is -2.34. The average Bonchev–Trinajstić information content (AvgIpc) is 3.14. The second kappa shape index (κ2) is 8.08. The molecule has 0 spiro atoms. The van der Waals surface area contributed by atoms with Crippen LogP contribution in [0.2, 0.25) is 0 Å². The molecule has 3 nitrogen and oxygen atoms in total. The second-order valence-electron chi connectivity index (χ2n) is 5.92. The number of thiophene rings is 1. The van der Waals surface area contributed by atoms with Gasteiger partial charge in [-0.15, -0.1) is 11.3 Å². The molecule has 4 heteroatoms. The lowest BCUT2D eigenvalue weighted by molar-refractivity contribution is -0.151. The summed E-state index contributed by atoms with van der Waals surface area (Å²) in [5, 5.41) is 2.02. The monoisotopic (exact) mass is 352 g/mol. The third-order valence-electron chi connectivity index (χ3n) is 4.27. The zero-order valence-corrected chi connectivity index (χ0v) is 14.9. The molecule has 25 heavy (non-hydrogen) atoms. The minimum atomic E-state index is -0.763. The molecule has 0 saturated carbocycles. The van der Waals surface area contributed by atoms with Gasteiger partial charge in [-0.25, -0.2) is 0 Å². The van der Waals surface area contributed by atoms with E-state index in [9.17, 15) is 9.59 Å². The van der Waals surface area contributed by atoms with Crippen LogP contribution in [0.15, 0.2) is 65.6 Å². The number of allylic oxidation sites excluding steroid dienone is 3. The van der Waals surface area contributed by atoms with Gasteiger partial charge >= 0.3 is 5.97 Å². The normalized spacial score (nSPS) is 20.5. The molecular formula is C21H20O3S. The molecule has 1 heterocycles. The van der Waals surface area contributed by atoms with Gasteiger partial charge in [0, 0.05) is 10.8 Å². The van der Waals surface area contributed by atoms with Crippen LogP contribution in [-0.2, 0) is 14.3 Å². The molecule has 0 bridgehead atoms. The molecule has 2 atom stereocenters. The van der Waals surface area contributed by atoms with Crippen molar-refractivity contribution in [2.24, 2.45) is 5.92 Å². The van der Waals surface area contributed by atoms with Crippen LogP contribution in [0.25, 0.3) is 6.08 Å². The highest BCUT2D eigenvalue weighted by Crippen LogP contribution is 2.37. The van der Waals surface area contributed by atoms with Gasteiger partial charge in [0.1, 0.15) is 5.92 Å². The van der Waals surface area contributed by atoms with Crippen LogP contribution in [0.3, 0.4) is 0 Å². The second-order valence-corrected chi connectivity index (χ2v) is 6.90. The summed E-state index contributed by atoms with van der Waals surface area (Å²) in [4.78, 5) is 26.1. The maximum absolute atomic E-state index is 12.7. The number of rotatable bonds is 5. The van der Waals surface area contributed by atoms with Gasteiger partial charge in [0.05, 0.1) is 6.61 Å². The Morgan fingerprint density at radius 1 is 1.20 bits per heavy atom. The number of carbonyl (C=O) groups is 2. The minimum Gasteiger partial charge on any atom is -0.465 e. The molecule has 0 aliphatic heterocycles. The van der Waals surface area contributed by atoms with Crippen molar-refractivity contribution in [2.75, 3.05) is 6.61 Å². The van der Waals surface area contributed by atoms with Crippen molar-refractivity contribution in [3.63, 3.8) is 0 Å². The molecule has 128 valence electrons. The van der Waals surface area contributed by atoms with Crippen molar-refractivity contribution < 1.29 is 14.3 Å². The highest BCUT2D eigenvalue weighted by Gasteiger charge is 2.38. The number of benzene rings is 1. The van der Waals surface area contributed by atoms with Crippen molar-refractivity contribution in [1.82, 2.24) is 0 Å². The average molecular weight is 352 g/mol. The van der Waals surface area contributed by atoms with Gasteiger partial charge in [0.2, 0.25) is 0 Å². The predicted octanol–water partition coefficient (Wildman–Crippen LogP) is 4.62. The van der Waals surface area contributed by atoms with Crippen molar-refractivity contribution >= 4 is 29.2 Å². The first-order valence-electron chi connectivity index (χ1n) is 8.36. The molecular weight excluding hydrogens is 332 g/mol. The van der Waals surface area contributed by atoms with E-state index in [2.05, 4.69) is 0 Å². The molecule has 0 fully saturated rings. The standard InChI is InChI=1S/C21H20O3S/c1-2-24-21(23)20-18(16-7-4-3-5-8-16)13-15(14-19(20)22)10-11-17-9-6-12-25-17/h3-12,14,18,20H,2,13H2,1H3/b11-10+. The van der Waals surface area contributed by atoms with Gasteiger partial charge in [0.15, 0.2) is 5.78 Å². The Morgan fingerprint density at radius 3 is 2.68 bits per heavy atom. The van der Waals surface area contributed by atoms with Crippen molar-refractivity contribution in [1.29, 1.82) is 0 Å². The van der Waals surface area contributed by atoms with E-state index in [4.69, 9.17) is 4.74 Å². The van der Waals surface area contributed by atoms with Crippen LogP contribution in [0.1, 0.15) is 29.7 Å². The van der Waals surface area contributed by atoms with Crippen LogP contribution < -0.4 is 0 Å². The summed E-state index contributed by atoms with van der Waals surface area (Å²) in [6, 6.07) is 13.8. The van der Waals surface area contributed by atoms with Crippen LogP contribution >= 0.6 is 11.3 Å². The maximum atomic E-state index is 12.7. The molecule has 0 N–H and O–H groups in total. The largest absolute Gasteiger partial charge is 0.465 e. The minimum absolute atomic E-state index is 0.176. The third-order valence-corrected chi connectivity index (χ3v) is 5.10. The molecule has 0 saturated heterocycles. The number of hydrogen-bond donors (Lipinski definition) is 0. The summed E-state index contributed by atoms with van der Waals surface area (Å²) in [7, 11) is 0. The Labute approximate surface area is 151 Å². The van der Waals surface area contributed by atoms with E-state index in [1.807, 2.05) is 60.0 Å². The number of ketones is 1. The van der Waals surface area contributed by atoms with Crippen molar-refractivity contribution in [3.8, 4) is 0 Å². The molecule has 2 aromatic rings. The van der Waals surface area contributed by atoms with Crippen molar-refractivity contribution in [3.05, 3.63) is 76.0 Å². The molecule has 3 rings (SSSR count). The number of hydrogen-bond acceptors (Lipinski definition) is 4. The summed E-state index contributed by atoms with van der Waals surface area (Å²) in [5.41, 5.74) is 1.93. The number of carbonyl (C=O) groups excluding carboxylic acids is 2. The quantitative estimate of drug-likeness (QED) is 0.582. The van der Waals surface area contributed by atoms with Crippen molar-refractivity contribution in [2.45, 2.75) is 19.3 Å². The van der Waals surface area contributed by atoms with E-state index >= 15 is 0 Å². The first-order chi connectivity index (χ1) is 12.2. The van der Waals surface area contributed by atoms with E-state index in [-0.39, 0.29) is 18.3 Å². The summed E-state index contributed by atoms with van der Waals surface area (Å²) in [6.07, 6.45) is 6.21. The Kier molecular flexibility index (Phi) is 5.61. The Morgan fingerprint density at radius 2 is 2.00 bits per heavy atom. The fourth-order valence-corrected chi connectivity index (χ4v) is 3.73. The molecule has 0 amide bonds. The van der Waals surface area contributed by atoms with E-state index in [0.29, 0.717) is 6.42 Å². The first kappa shape index (κ1) is 17.4. The Hall–Kier alpha value is -2.46. The molecule has 1 aromatic carbocycles. The van der Waals surface area contributed by atoms with E-state index in [0.717, 1.165) is 16.0 Å². The van der Waals surface area contributed by atoms with Gasteiger partial charge in [-0.1, -0.05) is 42.5 Å². The Balaban J connectivity index is 1.90. The van der Waals surface area contributed by atoms with Crippen LogP contribution in [0.4, 0.5) is 0 Å². The molecule has 0 radical (unpaired) electrons. The highest BCUT2D eigenvalue weighted by atomic mass is 32.1. The third kappa shape index (κ3) is 4.15. The molecule has 1 aliphatic carbocycles. The van der Waals surface area contributed by atoms with Crippen LogP contribution in [0.5, 0.6) is 0 Å². The summed E-state index contributed by atoms with van der Waals surface area (Å²) in [6.45, 7) is 2.03. The van der Waals surface area contributed by atoms with Gasteiger partial charge in [-0.3, -0.25) is 9.59 Å². The van der Waals surface area contributed by atoms with E-state index < -0.39 is 11.9 Å². The zero-order chi connectivity index (χ0) is 17.6. The van der Waals surface area contributed by atoms with Gasteiger partial charge < -0.3 is 4.74 Å². The lowest BCUT2D eigenvalue weighted by Gasteiger charge is -2.28. The molecule has 2 unspecified atom stereocenters. The van der Waals surface area contributed by atoms with Crippen LogP contribution in [-0.4, -0.2) is 18.4 Å². The van der Waals surface area contributed by atoms with Gasteiger partial charge in [0.25, 0.3) is 0 Å². The topological polar surface area (TPSA) is 43.4 Å². The first-order valence-corrected chi connectivity index (χ1v) is 9.24. The highest BCUT2D eigenvalue weighted by molar-refractivity contribution is 7.10. The summed E-state index contributed by atoms with van der Waals surface area (Å²) < 4.78 is 5.15. The summed E-state index contributed by atoms with van der Waals surface area (Å²) in [5.74, 6) is -1.56. The lowest BCUT2D eigenvalue weighted by atomic mass is 9.75. The number of esters is 1. The number of ether oxygens (including phenoxy) is 1. The zero-order valence-electron chi connectivity index (χ0n) is 14.1. The fraction of sp³-hybridized carbons (Fsp3) is 0.238. The van der Waals surface area contributed by atoms with Gasteiger partial charge in [-0.2, -0.15) is 0 Å². The fourth-order valence-electron chi connectivity index (χ4n) is 3.12. The Bertz CT molecular complexity index is 788. The SMILES string of the molecule is CCOC(=O)C1C(=O)C=C(/C=C/c2cccs2)CC1c1ccccc1. The smallest absolute Gasteiger partial charge is 0.317 e. The van der Waals surface area contributed by atoms with E-state index in [1.165, 1.54) is 0 Å². The predicted molar refractivity (Wildman–Crippen MR) is 100 cm³/mol. The summed E-state index contributed by atoms with van der Waals surface area (Å²) >= 11 is 1.65. The molecule has 1 aromatic heterocycles. The maximum Gasteiger partial charge on any atom is 0.317 e.